The van der Waals surface area contributed by atoms with E-state index in [0.717, 1.165) is 5.75 Å². The van der Waals surface area contributed by atoms with Crippen molar-refractivity contribution in [3.8, 4) is 0 Å². The number of carboxylic acids is 1. The Bertz CT molecular complexity index is 378. The van der Waals surface area contributed by atoms with Gasteiger partial charge >= 0.3 is 5.97 Å². The topological polar surface area (TPSA) is 86.7 Å². The largest absolute Gasteiger partial charge is 0.481 e. The summed E-state index contributed by atoms with van der Waals surface area (Å²) in [6, 6.07) is -0.221. The molecule has 0 aromatic carbocycles. The van der Waals surface area contributed by atoms with Gasteiger partial charge in [0.2, 0.25) is 11.8 Å². The number of nitrogens with one attached hydrogen (secondary N) is 1. The molecular weight excluding hydrogens is 268 g/mol. The minimum absolute atomic E-state index is 0.00216. The number of amides is 2. The van der Waals surface area contributed by atoms with Gasteiger partial charge in [0.1, 0.15) is 0 Å². The molecule has 2 saturated heterocycles. The fourth-order valence-electron chi connectivity index (χ4n) is 2.49. The van der Waals surface area contributed by atoms with Crippen LogP contribution in [0.3, 0.4) is 0 Å². The molecule has 2 rings (SSSR count). The molecule has 2 fully saturated rings. The summed E-state index contributed by atoms with van der Waals surface area (Å²) < 4.78 is 0. The Morgan fingerprint density at radius 3 is 2.89 bits per heavy atom. The minimum Gasteiger partial charge on any atom is -0.481 e. The van der Waals surface area contributed by atoms with Crippen LogP contribution in [0.5, 0.6) is 0 Å². The van der Waals surface area contributed by atoms with Crippen molar-refractivity contribution in [2.75, 3.05) is 24.6 Å². The minimum atomic E-state index is -0.873. The summed E-state index contributed by atoms with van der Waals surface area (Å²) >= 11 is 1.69. The van der Waals surface area contributed by atoms with Crippen LogP contribution >= 0.6 is 11.8 Å². The van der Waals surface area contributed by atoms with Crippen molar-refractivity contribution in [3.05, 3.63) is 0 Å². The number of hydrogen-bond donors (Lipinski definition) is 2. The van der Waals surface area contributed by atoms with Gasteiger partial charge in [-0.3, -0.25) is 14.4 Å². The number of carbonyl (C=O) groups excluding carboxylic acids is 2. The molecule has 2 aliphatic rings. The van der Waals surface area contributed by atoms with Gasteiger partial charge in [0.05, 0.1) is 18.4 Å². The number of carboxylic acid groups (broad SMARTS) is 1. The maximum atomic E-state index is 12.4. The first kappa shape index (κ1) is 14.2. The van der Waals surface area contributed by atoms with Crippen LogP contribution in [-0.4, -0.2) is 58.4 Å². The average Bonchev–Trinajstić information content (AvgIpc) is 2.39. The Morgan fingerprint density at radius 1 is 1.47 bits per heavy atom. The van der Waals surface area contributed by atoms with Crippen molar-refractivity contribution >= 4 is 29.5 Å². The summed E-state index contributed by atoms with van der Waals surface area (Å²) in [4.78, 5) is 36.1. The van der Waals surface area contributed by atoms with Gasteiger partial charge in [-0.15, -0.1) is 0 Å². The van der Waals surface area contributed by atoms with Crippen molar-refractivity contribution in [1.82, 2.24) is 10.2 Å². The van der Waals surface area contributed by atoms with Crippen LogP contribution in [0.4, 0.5) is 0 Å². The van der Waals surface area contributed by atoms with Crippen LogP contribution in [0.15, 0.2) is 0 Å². The van der Waals surface area contributed by atoms with Crippen LogP contribution in [0.25, 0.3) is 0 Å². The number of carbonyl (C=O) groups is 3. The highest BCUT2D eigenvalue weighted by molar-refractivity contribution is 7.99. The third-order valence-corrected chi connectivity index (χ3v) is 4.63. The Hall–Kier alpha value is -1.24. The number of rotatable bonds is 3. The van der Waals surface area contributed by atoms with Gasteiger partial charge in [-0.05, 0) is 6.42 Å². The number of hydrogen-bond acceptors (Lipinski definition) is 4. The van der Waals surface area contributed by atoms with Crippen molar-refractivity contribution in [2.24, 2.45) is 5.92 Å². The quantitative estimate of drug-likeness (QED) is 0.758. The molecule has 7 heteroatoms. The molecule has 0 saturated carbocycles. The summed E-state index contributed by atoms with van der Waals surface area (Å²) in [5, 5.41) is 11.6. The number of nitrogens with zero attached hydrogens (tertiary/aromatic N) is 1. The Balaban J connectivity index is 1.98. The molecule has 106 valence electrons. The van der Waals surface area contributed by atoms with E-state index in [-0.39, 0.29) is 30.2 Å². The predicted octanol–water partition coefficient (Wildman–Crippen LogP) is -0.0687. The van der Waals surface area contributed by atoms with Gasteiger partial charge in [-0.2, -0.15) is 11.8 Å². The maximum absolute atomic E-state index is 12.4. The zero-order valence-corrected chi connectivity index (χ0v) is 11.4. The van der Waals surface area contributed by atoms with E-state index in [1.807, 2.05) is 0 Å². The molecule has 0 aromatic rings. The summed E-state index contributed by atoms with van der Waals surface area (Å²) in [6.45, 7) is 0.979. The predicted molar refractivity (Wildman–Crippen MR) is 70.8 cm³/mol. The van der Waals surface area contributed by atoms with E-state index >= 15 is 0 Å². The van der Waals surface area contributed by atoms with E-state index in [0.29, 0.717) is 31.7 Å². The fraction of sp³-hybridized carbons (Fsp3) is 0.750. The number of thioether (sulfide) groups is 1. The number of aliphatic carboxylic acids is 1. The SMILES string of the molecule is O=C(O)CC1CSCCN1C(=O)C1CCC(=O)NC1. The van der Waals surface area contributed by atoms with Gasteiger partial charge in [-0.1, -0.05) is 0 Å². The lowest BCUT2D eigenvalue weighted by atomic mass is 9.96. The van der Waals surface area contributed by atoms with Gasteiger partial charge in [0.25, 0.3) is 0 Å². The fourth-order valence-corrected chi connectivity index (χ4v) is 3.56. The van der Waals surface area contributed by atoms with E-state index in [1.165, 1.54) is 0 Å². The second-order valence-corrected chi connectivity index (χ2v) is 6.05. The van der Waals surface area contributed by atoms with Gasteiger partial charge in [0, 0.05) is 31.0 Å². The van der Waals surface area contributed by atoms with E-state index in [2.05, 4.69) is 5.32 Å². The molecule has 2 amide bonds. The van der Waals surface area contributed by atoms with Gasteiger partial charge < -0.3 is 15.3 Å². The standard InChI is InChI=1S/C12H18N2O4S/c15-10-2-1-8(6-13-10)12(18)14-3-4-19-7-9(14)5-11(16)17/h8-9H,1-7H2,(H,13,15)(H,16,17). The molecule has 2 N–H and O–H groups in total. The molecule has 2 heterocycles. The molecule has 6 nitrogen and oxygen atoms in total. The monoisotopic (exact) mass is 286 g/mol. The Kier molecular flexibility index (Phi) is 4.68. The van der Waals surface area contributed by atoms with Crippen molar-refractivity contribution in [1.29, 1.82) is 0 Å². The summed E-state index contributed by atoms with van der Waals surface area (Å²) in [5.41, 5.74) is 0. The highest BCUT2D eigenvalue weighted by Gasteiger charge is 2.34. The third kappa shape index (κ3) is 3.62. The maximum Gasteiger partial charge on any atom is 0.305 e. The smallest absolute Gasteiger partial charge is 0.305 e. The summed E-state index contributed by atoms with van der Waals surface area (Å²) in [5.74, 6) is 0.434. The first-order chi connectivity index (χ1) is 9.08. The number of piperidine rings is 1. The van der Waals surface area contributed by atoms with Crippen molar-refractivity contribution < 1.29 is 19.5 Å². The first-order valence-corrected chi connectivity index (χ1v) is 7.60. The zero-order chi connectivity index (χ0) is 13.8. The summed E-state index contributed by atoms with van der Waals surface area (Å²) in [6.07, 6.45) is 0.939. The molecule has 0 aromatic heterocycles. The van der Waals surface area contributed by atoms with E-state index < -0.39 is 5.97 Å². The van der Waals surface area contributed by atoms with Crippen LogP contribution < -0.4 is 5.32 Å². The Labute approximate surface area is 115 Å². The molecular formula is C12H18N2O4S. The lowest BCUT2D eigenvalue weighted by molar-refractivity contribution is -0.142. The molecule has 0 spiro atoms. The molecule has 0 radical (unpaired) electrons. The highest BCUT2D eigenvalue weighted by Crippen LogP contribution is 2.23. The van der Waals surface area contributed by atoms with Crippen LogP contribution in [0, 0.1) is 5.92 Å². The lowest BCUT2D eigenvalue weighted by Gasteiger charge is -2.37. The highest BCUT2D eigenvalue weighted by atomic mass is 32.2. The third-order valence-electron chi connectivity index (χ3n) is 3.54. The normalized spacial score (nSPS) is 27.8. The van der Waals surface area contributed by atoms with E-state index in [9.17, 15) is 14.4 Å². The lowest BCUT2D eigenvalue weighted by Crippen LogP contribution is -2.52. The molecule has 2 unspecified atom stereocenters. The zero-order valence-electron chi connectivity index (χ0n) is 10.6. The summed E-state index contributed by atoms with van der Waals surface area (Å²) in [7, 11) is 0. The average molecular weight is 286 g/mol. The van der Waals surface area contributed by atoms with Crippen molar-refractivity contribution in [2.45, 2.75) is 25.3 Å². The van der Waals surface area contributed by atoms with Crippen molar-refractivity contribution in [3.63, 3.8) is 0 Å². The molecule has 0 bridgehead atoms. The molecule has 0 aliphatic carbocycles. The van der Waals surface area contributed by atoms with Crippen LogP contribution in [0.1, 0.15) is 19.3 Å². The van der Waals surface area contributed by atoms with E-state index in [4.69, 9.17) is 5.11 Å². The second-order valence-electron chi connectivity index (χ2n) is 4.90. The molecule has 2 aliphatic heterocycles. The van der Waals surface area contributed by atoms with Crippen LogP contribution in [0.2, 0.25) is 0 Å². The second kappa shape index (κ2) is 6.27. The molecule has 19 heavy (non-hydrogen) atoms. The van der Waals surface area contributed by atoms with Gasteiger partial charge in [0.15, 0.2) is 0 Å². The molecule has 2 atom stereocenters. The van der Waals surface area contributed by atoms with E-state index in [1.54, 1.807) is 16.7 Å². The van der Waals surface area contributed by atoms with Gasteiger partial charge in [-0.25, -0.2) is 0 Å². The first-order valence-electron chi connectivity index (χ1n) is 6.44. The Morgan fingerprint density at radius 2 is 2.26 bits per heavy atom. The van der Waals surface area contributed by atoms with Crippen LogP contribution in [-0.2, 0) is 14.4 Å².